The third-order valence-corrected chi connectivity index (χ3v) is 6.91. The summed E-state index contributed by atoms with van der Waals surface area (Å²) in [6, 6.07) is 10.2. The van der Waals surface area contributed by atoms with E-state index in [0.717, 1.165) is 12.0 Å². The number of rotatable bonds is 0. The van der Waals surface area contributed by atoms with Crippen LogP contribution in [0.15, 0.2) is 40.7 Å². The Morgan fingerprint density at radius 2 is 2.09 bits per heavy atom. The van der Waals surface area contributed by atoms with Gasteiger partial charge < -0.3 is 10.2 Å². The highest BCUT2D eigenvalue weighted by atomic mass is 15.2. The van der Waals surface area contributed by atoms with E-state index in [2.05, 4.69) is 34.5 Å². The number of benzene rings is 1. The topological polar surface area (TPSA) is 27.6 Å². The third kappa shape index (κ3) is 1.56. The van der Waals surface area contributed by atoms with Crippen molar-refractivity contribution in [3.63, 3.8) is 0 Å². The number of piperidine rings is 3. The van der Waals surface area contributed by atoms with E-state index in [0.29, 0.717) is 12.0 Å². The van der Waals surface area contributed by atoms with Crippen LogP contribution in [0.4, 0.5) is 0 Å². The Morgan fingerprint density at radius 3 is 3.09 bits per heavy atom. The number of fused-ring (bicyclic) bond motifs is 3. The molecule has 0 spiro atoms. The minimum Gasteiger partial charge on any atom is -0.369 e. The van der Waals surface area contributed by atoms with Crippen LogP contribution < -0.4 is 15.9 Å². The van der Waals surface area contributed by atoms with E-state index < -0.39 is 0 Å². The Labute approximate surface area is 136 Å². The first kappa shape index (κ1) is 12.8. The molecule has 1 aromatic rings. The number of hydrogen-bond donors (Lipinski definition) is 1. The van der Waals surface area contributed by atoms with E-state index in [1.54, 1.807) is 5.70 Å². The van der Waals surface area contributed by atoms with Gasteiger partial charge in [-0.2, -0.15) is 0 Å². The molecule has 6 aliphatic rings. The summed E-state index contributed by atoms with van der Waals surface area (Å²) in [5, 5.41) is 6.46. The predicted octanol–water partition coefficient (Wildman–Crippen LogP) is 1.55. The molecular weight excluding hydrogens is 282 g/mol. The van der Waals surface area contributed by atoms with Crippen LogP contribution in [0, 0.1) is 11.8 Å². The van der Waals surface area contributed by atoms with Gasteiger partial charge in [-0.05, 0) is 56.2 Å². The maximum absolute atomic E-state index is 5.09. The van der Waals surface area contributed by atoms with Gasteiger partial charge in [0.25, 0.3) is 0 Å². The van der Waals surface area contributed by atoms with Crippen molar-refractivity contribution in [3.8, 4) is 0 Å². The molecule has 1 aliphatic carbocycles. The average Bonchev–Trinajstić information content (AvgIpc) is 3.01. The Kier molecular flexibility index (Phi) is 2.48. The van der Waals surface area contributed by atoms with Gasteiger partial charge >= 0.3 is 0 Å². The third-order valence-electron chi connectivity index (χ3n) is 6.91. The monoisotopic (exact) mass is 305 g/mol. The van der Waals surface area contributed by atoms with Crippen molar-refractivity contribution in [2.45, 2.75) is 44.2 Å². The summed E-state index contributed by atoms with van der Waals surface area (Å²) in [4.78, 5) is 7.86. The molecule has 4 unspecified atom stereocenters. The van der Waals surface area contributed by atoms with Gasteiger partial charge in [0.1, 0.15) is 0 Å². The van der Waals surface area contributed by atoms with Crippen LogP contribution in [0.3, 0.4) is 0 Å². The molecular formula is C20H23N3. The van der Waals surface area contributed by atoms with Crippen molar-refractivity contribution in [1.29, 1.82) is 0 Å². The van der Waals surface area contributed by atoms with E-state index >= 15 is 0 Å². The highest BCUT2D eigenvalue weighted by Crippen LogP contribution is 2.51. The zero-order chi connectivity index (χ0) is 15.0. The SMILES string of the molecule is c1ccc2c(c1)=NC1=C3C4CCC(C5CCCNC45)N3CCC=21. The molecule has 0 aromatic heterocycles. The van der Waals surface area contributed by atoms with E-state index in [4.69, 9.17) is 4.99 Å². The molecule has 4 fully saturated rings. The molecule has 3 nitrogen and oxygen atoms in total. The first-order chi connectivity index (χ1) is 11.4. The van der Waals surface area contributed by atoms with Crippen LogP contribution >= 0.6 is 0 Å². The molecule has 2 bridgehead atoms. The summed E-state index contributed by atoms with van der Waals surface area (Å²) in [7, 11) is 0. The second-order valence-electron chi connectivity index (χ2n) is 7.82. The molecule has 5 aliphatic heterocycles. The molecule has 0 amide bonds. The zero-order valence-electron chi connectivity index (χ0n) is 13.5. The summed E-state index contributed by atoms with van der Waals surface area (Å²) in [5.41, 5.74) is 4.46. The summed E-state index contributed by atoms with van der Waals surface area (Å²) in [6.45, 7) is 2.42. The molecule has 3 saturated heterocycles. The van der Waals surface area contributed by atoms with Gasteiger partial charge in [0.05, 0.1) is 11.1 Å². The van der Waals surface area contributed by atoms with Gasteiger partial charge in [0.2, 0.25) is 0 Å². The Balaban J connectivity index is 1.57. The first-order valence-corrected chi connectivity index (χ1v) is 9.33. The fourth-order valence-electron chi connectivity index (χ4n) is 6.08. The number of para-hydroxylation sites is 1. The van der Waals surface area contributed by atoms with Gasteiger partial charge in [-0.3, -0.25) is 0 Å². The molecule has 7 rings (SSSR count). The molecule has 1 N–H and O–H groups in total. The summed E-state index contributed by atoms with van der Waals surface area (Å²) in [5.74, 6) is 1.56. The number of nitrogens with one attached hydrogen (secondary N) is 1. The molecule has 5 heterocycles. The quantitative estimate of drug-likeness (QED) is 0.787. The van der Waals surface area contributed by atoms with Crippen LogP contribution in [0.25, 0.3) is 5.57 Å². The largest absolute Gasteiger partial charge is 0.369 e. The van der Waals surface area contributed by atoms with E-state index in [1.165, 1.54) is 67.0 Å². The van der Waals surface area contributed by atoms with Gasteiger partial charge in [0, 0.05) is 35.5 Å². The van der Waals surface area contributed by atoms with Crippen molar-refractivity contribution in [1.82, 2.24) is 10.2 Å². The smallest absolute Gasteiger partial charge is 0.0871 e. The Bertz CT molecular complexity index is 837. The van der Waals surface area contributed by atoms with Gasteiger partial charge in [-0.15, -0.1) is 0 Å². The number of allylic oxidation sites excluding steroid dienone is 1. The average molecular weight is 305 g/mol. The predicted molar refractivity (Wildman–Crippen MR) is 90.0 cm³/mol. The van der Waals surface area contributed by atoms with Gasteiger partial charge in [-0.25, -0.2) is 4.99 Å². The first-order valence-electron chi connectivity index (χ1n) is 9.33. The maximum atomic E-state index is 5.09. The molecule has 118 valence electrons. The normalized spacial score (nSPS) is 37.0. The molecule has 1 aromatic carbocycles. The lowest BCUT2D eigenvalue weighted by atomic mass is 9.63. The van der Waals surface area contributed by atoms with E-state index in [1.807, 2.05) is 0 Å². The lowest BCUT2D eigenvalue weighted by Gasteiger charge is -2.59. The molecule has 1 saturated carbocycles. The highest BCUT2D eigenvalue weighted by molar-refractivity contribution is 5.69. The lowest BCUT2D eigenvalue weighted by molar-refractivity contribution is -0.00484. The summed E-state index contributed by atoms with van der Waals surface area (Å²) >= 11 is 0. The van der Waals surface area contributed by atoms with Crippen molar-refractivity contribution < 1.29 is 0 Å². The zero-order valence-corrected chi connectivity index (χ0v) is 13.5. The van der Waals surface area contributed by atoms with Crippen molar-refractivity contribution in [3.05, 3.63) is 46.2 Å². The lowest BCUT2D eigenvalue weighted by Crippen LogP contribution is -2.65. The second-order valence-corrected chi connectivity index (χ2v) is 7.82. The van der Waals surface area contributed by atoms with Crippen molar-refractivity contribution >= 4 is 5.57 Å². The Hall–Kier alpha value is -1.61. The van der Waals surface area contributed by atoms with Gasteiger partial charge in [-0.1, -0.05) is 18.2 Å². The van der Waals surface area contributed by atoms with Crippen LogP contribution in [0.2, 0.25) is 0 Å². The maximum Gasteiger partial charge on any atom is 0.0871 e. The molecule has 4 atom stereocenters. The van der Waals surface area contributed by atoms with Crippen LogP contribution in [-0.4, -0.2) is 30.1 Å². The number of nitrogens with zero attached hydrogens (tertiary/aromatic N) is 2. The van der Waals surface area contributed by atoms with Crippen molar-refractivity contribution in [2.24, 2.45) is 16.8 Å². The molecule has 0 radical (unpaired) electrons. The fourth-order valence-corrected chi connectivity index (χ4v) is 6.08. The molecule has 3 heteroatoms. The van der Waals surface area contributed by atoms with Crippen molar-refractivity contribution in [2.75, 3.05) is 13.1 Å². The van der Waals surface area contributed by atoms with E-state index in [-0.39, 0.29) is 0 Å². The molecule has 23 heavy (non-hydrogen) atoms. The van der Waals surface area contributed by atoms with Crippen LogP contribution in [-0.2, 0) is 0 Å². The minimum absolute atomic E-state index is 0.689. The highest BCUT2D eigenvalue weighted by Gasteiger charge is 2.52. The van der Waals surface area contributed by atoms with Crippen LogP contribution in [0.5, 0.6) is 0 Å². The van der Waals surface area contributed by atoms with Crippen LogP contribution in [0.1, 0.15) is 32.1 Å². The summed E-state index contributed by atoms with van der Waals surface area (Å²) in [6.07, 6.45) is 6.70. The fraction of sp³-hybridized carbons (Fsp3) is 0.550. The van der Waals surface area contributed by atoms with Gasteiger partial charge in [0.15, 0.2) is 0 Å². The standard InChI is InChI=1S/C20H23N3/c1-2-6-16-12(4-1)13-9-11-23-17-8-7-15(20(23)19(13)22-16)18-14(17)5-3-10-21-18/h1-2,4,6,14-15,17-18,21H,3,5,7-11H2. The minimum atomic E-state index is 0.689. The number of hydrogen-bond acceptors (Lipinski definition) is 3. The Morgan fingerprint density at radius 1 is 1.13 bits per heavy atom. The van der Waals surface area contributed by atoms with E-state index in [9.17, 15) is 0 Å². The second kappa shape index (κ2) is 4.47. The summed E-state index contributed by atoms with van der Waals surface area (Å²) < 4.78 is 0.